The van der Waals surface area contributed by atoms with Crippen LogP contribution in [-0.2, 0) is 36.1 Å². The third kappa shape index (κ3) is 79.5. The van der Waals surface area contributed by atoms with Crippen molar-refractivity contribution in [2.75, 3.05) is 0 Å². The Bertz CT molecular complexity index is 471. The molecule has 202 valence electrons. The fourth-order valence-corrected chi connectivity index (χ4v) is 2.59. The van der Waals surface area contributed by atoms with Crippen LogP contribution in [0.5, 0.6) is 0 Å². The van der Waals surface area contributed by atoms with Gasteiger partial charge in [-0.25, -0.2) is 0 Å². The minimum absolute atomic E-state index is 0. The maximum absolute atomic E-state index is 10.2. The first-order chi connectivity index (χ1) is 15.9. The Balaban J connectivity index is -0.000000163. The third-order valence-electron chi connectivity index (χ3n) is 4.25. The van der Waals surface area contributed by atoms with Crippen LogP contribution in [0.4, 0.5) is 0 Å². The Hall–Kier alpha value is -1.44. The predicted octanol–water partition coefficient (Wildman–Crippen LogP) is 2.45. The summed E-state index contributed by atoms with van der Waals surface area (Å²) < 4.78 is 0. The molecule has 0 unspecified atom stereocenters. The second-order valence-electron chi connectivity index (χ2n) is 8.64. The molecule has 0 aromatic carbocycles. The van der Waals surface area contributed by atoms with Gasteiger partial charge >= 0.3 is 21.7 Å². The number of carbonyl (C=O) groups is 3. The van der Waals surface area contributed by atoms with E-state index in [4.69, 9.17) is 19.8 Å². The average molecular weight is 533 g/mol. The molecule has 0 aromatic heterocycles. The van der Waals surface area contributed by atoms with E-state index in [1.165, 1.54) is 70.6 Å². The first-order valence-electron chi connectivity index (χ1n) is 12.4. The van der Waals surface area contributed by atoms with Gasteiger partial charge in [-0.2, -0.15) is 0 Å². The minimum Gasteiger partial charge on any atom is -0.852 e. The van der Waals surface area contributed by atoms with Crippen LogP contribution in [0, 0.1) is 5.92 Å². The molecule has 7 nitrogen and oxygen atoms in total. The van der Waals surface area contributed by atoms with E-state index in [9.17, 15) is 15.0 Å². The topological polar surface area (TPSA) is 143 Å². The number of carboxylic acid groups (broad SMARTS) is 3. The van der Waals surface area contributed by atoms with E-state index in [-0.39, 0.29) is 28.1 Å². The summed E-state index contributed by atoms with van der Waals surface area (Å²) in [5.74, 6) is -2.50. The van der Waals surface area contributed by atoms with Gasteiger partial charge in [0, 0.05) is 5.97 Å². The summed E-state index contributed by atoms with van der Waals surface area (Å²) in [4.78, 5) is 28.5. The van der Waals surface area contributed by atoms with Gasteiger partial charge in [-0.05, 0) is 30.9 Å². The Morgan fingerprint density at radius 1 is 0.629 bits per heavy atom. The van der Waals surface area contributed by atoms with Crippen LogP contribution in [0.3, 0.4) is 0 Å². The van der Waals surface area contributed by atoms with Crippen molar-refractivity contribution < 1.29 is 56.5 Å². The van der Waals surface area contributed by atoms with Crippen molar-refractivity contribution in [1.29, 1.82) is 0 Å². The smallest absolute Gasteiger partial charge is 0.852 e. The van der Waals surface area contributed by atoms with Gasteiger partial charge < -0.3 is 34.8 Å². The van der Waals surface area contributed by atoms with Gasteiger partial charge in [-0.3, -0.25) is 0 Å². The molecule has 0 bridgehead atoms. The second kappa shape index (κ2) is 37.1. The quantitative estimate of drug-likeness (QED) is 0.159. The van der Waals surface area contributed by atoms with Gasteiger partial charge in [0.2, 0.25) is 0 Å². The molecule has 0 radical (unpaired) electrons. The molecule has 0 aliphatic rings. The van der Waals surface area contributed by atoms with Crippen molar-refractivity contribution in [3.05, 3.63) is 25.3 Å². The second-order valence-corrected chi connectivity index (χ2v) is 8.64. The number of hydrogen-bond donors (Lipinski definition) is 0. The van der Waals surface area contributed by atoms with E-state index < -0.39 is 24.0 Å². The van der Waals surface area contributed by atoms with Gasteiger partial charge in [0.25, 0.3) is 0 Å². The van der Waals surface area contributed by atoms with Crippen LogP contribution in [0.1, 0.15) is 118 Å². The van der Waals surface area contributed by atoms with E-state index in [0.29, 0.717) is 0 Å². The van der Waals surface area contributed by atoms with Gasteiger partial charge in [0.15, 0.2) is 0 Å². The van der Waals surface area contributed by atoms with E-state index in [2.05, 4.69) is 27.0 Å². The van der Waals surface area contributed by atoms with Gasteiger partial charge in [-0.1, -0.05) is 118 Å². The van der Waals surface area contributed by atoms with Crippen molar-refractivity contribution in [2.24, 2.45) is 5.92 Å². The summed E-state index contributed by atoms with van der Waals surface area (Å²) in [5.41, 5.74) is 0. The van der Waals surface area contributed by atoms with Crippen LogP contribution in [0.25, 0.3) is 0 Å². The third-order valence-corrected chi connectivity index (χ3v) is 4.25. The first-order valence-corrected chi connectivity index (χ1v) is 12.4. The van der Waals surface area contributed by atoms with Crippen molar-refractivity contribution in [3.8, 4) is 0 Å². The van der Waals surface area contributed by atoms with Gasteiger partial charge in [0.05, 0.1) is 11.9 Å². The molecule has 0 spiro atoms. The summed E-state index contributed by atoms with van der Waals surface area (Å²) in [6.45, 7) is 13.6. The number of hydrogen-bond acceptors (Lipinski definition) is 7. The molecule has 0 aliphatic heterocycles. The Kier molecular flexibility index (Phi) is 46.3. The summed E-state index contributed by atoms with van der Waals surface area (Å²) >= 11 is 0. The molecule has 0 amide bonds. The van der Waals surface area contributed by atoms with Crippen LogP contribution < -0.4 is 20.4 Å². The Labute approximate surface area is 229 Å². The zero-order valence-electron chi connectivity index (χ0n) is 22.5. The molecule has 0 N–H and O–H groups in total. The van der Waals surface area contributed by atoms with Crippen molar-refractivity contribution in [2.45, 2.75) is 124 Å². The number of carbonyl (C=O) groups excluding carboxylic acids is 3. The molecule has 0 aliphatic carbocycles. The van der Waals surface area contributed by atoms with E-state index in [1.54, 1.807) is 13.8 Å². The van der Waals surface area contributed by atoms with Crippen molar-refractivity contribution in [1.82, 2.24) is 0 Å². The number of rotatable bonds is 17. The normalized spacial score (nSPS) is 9.23. The SMILES string of the molecule is C=CC(=O)[O-].C=CC(=O)[O-].CC(C)CCCCCCCCCCCCCCC(=O)[O-].CC(C)[O-].[Ti+4]. The van der Waals surface area contributed by atoms with E-state index in [1.807, 2.05) is 0 Å². The number of aliphatic carboxylic acids is 3. The molecule has 0 atom stereocenters. The molecule has 35 heavy (non-hydrogen) atoms. The molecule has 0 fully saturated rings. The largest absolute Gasteiger partial charge is 4.00 e. The summed E-state index contributed by atoms with van der Waals surface area (Å²) in [6.07, 6.45) is 18.0. The van der Waals surface area contributed by atoms with Crippen LogP contribution in [-0.4, -0.2) is 24.0 Å². The molecular formula is C27H48O7Ti. The zero-order valence-corrected chi connectivity index (χ0v) is 24.0. The summed E-state index contributed by atoms with van der Waals surface area (Å²) in [5, 5.41) is 38.0. The molecule has 0 heterocycles. The zero-order chi connectivity index (χ0) is 27.2. The van der Waals surface area contributed by atoms with Crippen LogP contribution in [0.2, 0.25) is 0 Å². The predicted molar refractivity (Wildman–Crippen MR) is 130 cm³/mol. The minimum atomic E-state index is -1.23. The maximum atomic E-state index is 10.2. The van der Waals surface area contributed by atoms with E-state index >= 15 is 0 Å². The van der Waals surface area contributed by atoms with E-state index in [0.717, 1.165) is 30.9 Å². The maximum Gasteiger partial charge on any atom is 4.00 e. The summed E-state index contributed by atoms with van der Waals surface area (Å²) in [7, 11) is 0. The van der Waals surface area contributed by atoms with Crippen molar-refractivity contribution >= 4 is 17.9 Å². The van der Waals surface area contributed by atoms with Gasteiger partial charge in [-0.15, -0.1) is 6.10 Å². The van der Waals surface area contributed by atoms with Crippen molar-refractivity contribution in [3.63, 3.8) is 0 Å². The standard InChI is InChI=1S/C18H36O2.2C3H4O2.C3H7O.Ti/c1-17(2)15-13-11-9-7-5-3-4-6-8-10-12-14-16-18(19)20;2*1-2-3(4)5;1-3(2)4;/h17H,3-16H2,1-2H3,(H,19,20);2*2H,1H2,(H,4,5);3H,1-2H3;/q;;;-1;+4/p-3. The Morgan fingerprint density at radius 2 is 0.857 bits per heavy atom. The molecular weight excluding hydrogens is 484 g/mol. The average Bonchev–Trinajstić information content (AvgIpc) is 2.74. The van der Waals surface area contributed by atoms with Gasteiger partial charge in [0.1, 0.15) is 0 Å². The monoisotopic (exact) mass is 532 g/mol. The van der Waals surface area contributed by atoms with Crippen LogP contribution >= 0.6 is 0 Å². The molecule has 0 rings (SSSR count). The summed E-state index contributed by atoms with van der Waals surface area (Å²) in [6, 6.07) is 0. The first kappa shape index (κ1) is 43.6. The number of carboxylic acids is 3. The molecule has 0 aromatic rings. The molecule has 8 heteroatoms. The van der Waals surface area contributed by atoms with Crippen LogP contribution in [0.15, 0.2) is 25.3 Å². The molecule has 0 saturated heterocycles. The number of unbranched alkanes of at least 4 members (excludes halogenated alkanes) is 11. The fourth-order valence-electron chi connectivity index (χ4n) is 2.59. The fraction of sp³-hybridized carbons (Fsp3) is 0.741. The molecule has 0 saturated carbocycles. The Morgan fingerprint density at radius 3 is 1.06 bits per heavy atom.